The minimum atomic E-state index is -0.151. The maximum Gasteiger partial charge on any atom is 0.230 e. The standard InChI is InChI=1S/C14H26N2O/c1-11(2)14(7-8-15-10-14)12(17)16-9-5-6-13(16,3)4/h11,15H,5-10H2,1-4H3. The van der Waals surface area contributed by atoms with Crippen molar-refractivity contribution < 1.29 is 4.79 Å². The molecular formula is C14H26N2O. The van der Waals surface area contributed by atoms with Crippen molar-refractivity contribution in [1.82, 2.24) is 10.2 Å². The molecule has 1 N–H and O–H groups in total. The molecule has 2 rings (SSSR count). The third-order valence-electron chi connectivity index (χ3n) is 4.87. The summed E-state index contributed by atoms with van der Waals surface area (Å²) in [5.41, 5.74) is -0.0941. The van der Waals surface area contributed by atoms with E-state index in [0.29, 0.717) is 11.8 Å². The molecule has 0 spiro atoms. The lowest BCUT2D eigenvalue weighted by molar-refractivity contribution is -0.147. The number of carbonyl (C=O) groups excluding carboxylic acids is 1. The van der Waals surface area contributed by atoms with Gasteiger partial charge in [-0.3, -0.25) is 4.79 Å². The number of hydrogen-bond acceptors (Lipinski definition) is 2. The van der Waals surface area contributed by atoms with Crippen LogP contribution in [-0.4, -0.2) is 36.0 Å². The topological polar surface area (TPSA) is 32.3 Å². The van der Waals surface area contributed by atoms with Gasteiger partial charge in [0.15, 0.2) is 0 Å². The number of hydrogen-bond donors (Lipinski definition) is 1. The summed E-state index contributed by atoms with van der Waals surface area (Å²) in [6, 6.07) is 0. The number of likely N-dealkylation sites (tertiary alicyclic amines) is 1. The normalized spacial score (nSPS) is 32.4. The minimum absolute atomic E-state index is 0.0571. The Bertz CT molecular complexity index is 303. The lowest BCUT2D eigenvalue weighted by Crippen LogP contribution is -2.53. The number of amides is 1. The molecule has 3 nitrogen and oxygen atoms in total. The van der Waals surface area contributed by atoms with Crippen LogP contribution in [0, 0.1) is 11.3 Å². The maximum absolute atomic E-state index is 12.9. The first kappa shape index (κ1) is 12.9. The van der Waals surface area contributed by atoms with Gasteiger partial charge in [-0.15, -0.1) is 0 Å². The van der Waals surface area contributed by atoms with Gasteiger partial charge >= 0.3 is 0 Å². The smallest absolute Gasteiger partial charge is 0.230 e. The Balaban J connectivity index is 2.23. The van der Waals surface area contributed by atoms with Gasteiger partial charge in [-0.1, -0.05) is 13.8 Å². The van der Waals surface area contributed by atoms with E-state index in [1.165, 1.54) is 0 Å². The molecule has 0 aliphatic carbocycles. The van der Waals surface area contributed by atoms with E-state index < -0.39 is 0 Å². The molecule has 0 bridgehead atoms. The molecule has 2 aliphatic rings. The molecule has 1 atom stereocenters. The molecule has 17 heavy (non-hydrogen) atoms. The molecular weight excluding hydrogens is 212 g/mol. The lowest BCUT2D eigenvalue weighted by Gasteiger charge is -2.41. The number of nitrogens with zero attached hydrogens (tertiary/aromatic N) is 1. The second-order valence-corrected chi connectivity index (χ2v) is 6.61. The van der Waals surface area contributed by atoms with Crippen LogP contribution in [0.15, 0.2) is 0 Å². The fourth-order valence-electron chi connectivity index (χ4n) is 3.39. The highest BCUT2D eigenvalue weighted by molar-refractivity contribution is 5.84. The fraction of sp³-hybridized carbons (Fsp3) is 0.929. The van der Waals surface area contributed by atoms with E-state index in [1.54, 1.807) is 0 Å². The van der Waals surface area contributed by atoms with Crippen LogP contribution in [0.25, 0.3) is 0 Å². The molecule has 0 aromatic heterocycles. The zero-order chi connectivity index (χ0) is 12.7. The molecule has 2 saturated heterocycles. The molecule has 0 aromatic rings. The van der Waals surface area contributed by atoms with Crippen molar-refractivity contribution in [2.75, 3.05) is 19.6 Å². The van der Waals surface area contributed by atoms with Crippen molar-refractivity contribution in [1.29, 1.82) is 0 Å². The molecule has 98 valence electrons. The monoisotopic (exact) mass is 238 g/mol. The number of rotatable bonds is 2. The van der Waals surface area contributed by atoms with Crippen molar-refractivity contribution >= 4 is 5.91 Å². The molecule has 1 amide bonds. The van der Waals surface area contributed by atoms with Gasteiger partial charge in [0.2, 0.25) is 5.91 Å². The van der Waals surface area contributed by atoms with Crippen molar-refractivity contribution in [3.05, 3.63) is 0 Å². The van der Waals surface area contributed by atoms with E-state index in [9.17, 15) is 4.79 Å². The van der Waals surface area contributed by atoms with Gasteiger partial charge in [0, 0.05) is 18.6 Å². The quantitative estimate of drug-likeness (QED) is 0.798. The average molecular weight is 238 g/mol. The van der Waals surface area contributed by atoms with Crippen LogP contribution in [0.1, 0.15) is 47.0 Å². The molecule has 0 aromatic carbocycles. The summed E-state index contributed by atoms with van der Waals surface area (Å²) in [7, 11) is 0. The summed E-state index contributed by atoms with van der Waals surface area (Å²) >= 11 is 0. The van der Waals surface area contributed by atoms with E-state index in [4.69, 9.17) is 0 Å². The predicted molar refractivity (Wildman–Crippen MR) is 69.8 cm³/mol. The Morgan fingerprint density at radius 3 is 2.41 bits per heavy atom. The zero-order valence-corrected chi connectivity index (χ0v) is 11.7. The molecule has 1 unspecified atom stereocenters. The maximum atomic E-state index is 12.9. The molecule has 2 fully saturated rings. The van der Waals surface area contributed by atoms with Crippen LogP contribution >= 0.6 is 0 Å². The number of carbonyl (C=O) groups is 1. The Morgan fingerprint density at radius 1 is 1.29 bits per heavy atom. The third kappa shape index (κ3) is 1.99. The van der Waals surface area contributed by atoms with Crippen LogP contribution in [0.3, 0.4) is 0 Å². The minimum Gasteiger partial charge on any atom is -0.337 e. The van der Waals surface area contributed by atoms with E-state index in [-0.39, 0.29) is 11.0 Å². The van der Waals surface area contributed by atoms with Crippen molar-refractivity contribution in [2.45, 2.75) is 52.5 Å². The van der Waals surface area contributed by atoms with Gasteiger partial charge in [0.05, 0.1) is 5.41 Å². The zero-order valence-electron chi connectivity index (χ0n) is 11.7. The van der Waals surface area contributed by atoms with Crippen LogP contribution in [-0.2, 0) is 4.79 Å². The van der Waals surface area contributed by atoms with E-state index in [2.05, 4.69) is 37.9 Å². The van der Waals surface area contributed by atoms with Crippen LogP contribution in [0.2, 0.25) is 0 Å². The van der Waals surface area contributed by atoms with E-state index >= 15 is 0 Å². The second-order valence-electron chi connectivity index (χ2n) is 6.61. The molecule has 2 aliphatic heterocycles. The average Bonchev–Trinajstić information content (AvgIpc) is 2.83. The third-order valence-corrected chi connectivity index (χ3v) is 4.87. The summed E-state index contributed by atoms with van der Waals surface area (Å²) in [6.07, 6.45) is 3.29. The number of nitrogens with one attached hydrogen (secondary N) is 1. The highest BCUT2D eigenvalue weighted by Crippen LogP contribution is 2.40. The van der Waals surface area contributed by atoms with Crippen LogP contribution in [0.4, 0.5) is 0 Å². The van der Waals surface area contributed by atoms with Gasteiger partial charge < -0.3 is 10.2 Å². The molecule has 0 saturated carbocycles. The largest absolute Gasteiger partial charge is 0.337 e. The van der Waals surface area contributed by atoms with E-state index in [0.717, 1.165) is 38.9 Å². The molecule has 3 heteroatoms. The fourth-order valence-corrected chi connectivity index (χ4v) is 3.39. The lowest BCUT2D eigenvalue weighted by atomic mass is 9.74. The first-order chi connectivity index (χ1) is 7.90. The van der Waals surface area contributed by atoms with Gasteiger partial charge in [-0.2, -0.15) is 0 Å². The SMILES string of the molecule is CC(C)C1(C(=O)N2CCCC2(C)C)CCNC1. The molecule has 0 radical (unpaired) electrons. The Kier molecular flexibility index (Phi) is 3.23. The second kappa shape index (κ2) is 4.27. The Labute approximate surface area is 105 Å². The summed E-state index contributed by atoms with van der Waals surface area (Å²) < 4.78 is 0. The van der Waals surface area contributed by atoms with Gasteiger partial charge in [-0.25, -0.2) is 0 Å². The van der Waals surface area contributed by atoms with Gasteiger partial charge in [-0.05, 0) is 45.6 Å². The Morgan fingerprint density at radius 2 is 2.00 bits per heavy atom. The Hall–Kier alpha value is -0.570. The van der Waals surface area contributed by atoms with Crippen LogP contribution in [0.5, 0.6) is 0 Å². The summed E-state index contributed by atoms with van der Waals surface area (Å²) in [4.78, 5) is 15.1. The highest BCUT2D eigenvalue weighted by Gasteiger charge is 2.49. The first-order valence-corrected chi connectivity index (χ1v) is 6.93. The van der Waals surface area contributed by atoms with Gasteiger partial charge in [0.1, 0.15) is 0 Å². The van der Waals surface area contributed by atoms with Crippen LogP contribution < -0.4 is 5.32 Å². The summed E-state index contributed by atoms with van der Waals surface area (Å²) in [5.74, 6) is 0.807. The predicted octanol–water partition coefficient (Wildman–Crippen LogP) is 2.02. The summed E-state index contributed by atoms with van der Waals surface area (Å²) in [5, 5.41) is 3.38. The highest BCUT2D eigenvalue weighted by atomic mass is 16.2. The van der Waals surface area contributed by atoms with E-state index in [1.807, 2.05) is 0 Å². The summed E-state index contributed by atoms with van der Waals surface area (Å²) in [6.45, 7) is 11.6. The van der Waals surface area contributed by atoms with Crippen molar-refractivity contribution in [2.24, 2.45) is 11.3 Å². The first-order valence-electron chi connectivity index (χ1n) is 6.93. The van der Waals surface area contributed by atoms with Crippen molar-refractivity contribution in [3.63, 3.8) is 0 Å². The van der Waals surface area contributed by atoms with Gasteiger partial charge in [0.25, 0.3) is 0 Å². The van der Waals surface area contributed by atoms with Crippen molar-refractivity contribution in [3.8, 4) is 0 Å². The molecule has 2 heterocycles.